The fourth-order valence-corrected chi connectivity index (χ4v) is 0.690. The first kappa shape index (κ1) is 10.0. The van der Waals surface area contributed by atoms with E-state index in [4.69, 9.17) is 34.8 Å². The van der Waals surface area contributed by atoms with E-state index in [1.807, 2.05) is 0 Å². The average Bonchev–Trinajstić information content (AvgIpc) is 1.59. The zero-order valence-electron chi connectivity index (χ0n) is 3.94. The number of rotatable bonds is 2. The molecule has 0 aromatic carbocycles. The van der Waals surface area contributed by atoms with Gasteiger partial charge in [0, 0.05) is 4.29 Å². The van der Waals surface area contributed by atoms with Crippen molar-refractivity contribution in [1.82, 2.24) is 0 Å². The van der Waals surface area contributed by atoms with Crippen LogP contribution in [-0.4, -0.2) is 10.4 Å². The largest absolute Gasteiger partial charge is 0.320 e. The van der Waals surface area contributed by atoms with Gasteiger partial charge in [-0.05, 0) is 0 Å². The molecule has 0 radical (unpaired) electrons. The van der Waals surface area contributed by atoms with Gasteiger partial charge in [0.05, 0.1) is 0 Å². The molecular formula is C2H2Cl4O3. The minimum atomic E-state index is -2.31. The molecule has 0 aliphatic carbocycles. The van der Waals surface area contributed by atoms with Crippen molar-refractivity contribution in [2.45, 2.75) is 3.79 Å². The minimum Gasteiger partial charge on any atom is -0.320 e. The van der Waals surface area contributed by atoms with E-state index in [0.717, 1.165) is 0 Å². The zero-order valence-corrected chi connectivity index (χ0v) is 6.97. The Hall–Kier alpha value is 1.04. The van der Waals surface area contributed by atoms with Crippen molar-refractivity contribution in [2.24, 2.45) is 0 Å². The Balaban J connectivity index is 3.28. The lowest BCUT2D eigenvalue weighted by Gasteiger charge is -2.03. The highest BCUT2D eigenvalue weighted by Crippen LogP contribution is 2.25. The summed E-state index contributed by atoms with van der Waals surface area (Å²) in [6.07, 6.45) is 0. The fraction of sp³-hybridized carbons (Fsp3) is 1.00. The molecule has 0 amide bonds. The lowest BCUT2D eigenvalue weighted by Crippen LogP contribution is -2.36. The van der Waals surface area contributed by atoms with Crippen molar-refractivity contribution in [3.05, 3.63) is 0 Å². The molecule has 0 spiro atoms. The second kappa shape index (κ2) is 4.03. The maximum absolute atomic E-state index is 9.61. The minimum absolute atomic E-state index is 0.481. The second-order valence-corrected chi connectivity index (χ2v) is 4.17. The molecule has 0 unspecified atom stereocenters. The maximum atomic E-state index is 9.61. The third kappa shape index (κ3) is 9.04. The summed E-state index contributed by atoms with van der Waals surface area (Å²) in [5.74, 6) is 0. The van der Waals surface area contributed by atoms with Crippen LogP contribution in [-0.2, 0) is 4.29 Å². The highest BCUT2D eigenvalue weighted by atomic mass is 35.6. The first-order valence-corrected chi connectivity index (χ1v) is 3.73. The van der Waals surface area contributed by atoms with E-state index in [0.29, 0.717) is 0 Å². The van der Waals surface area contributed by atoms with Crippen LogP contribution in [0.25, 0.3) is 0 Å². The molecule has 9 heavy (non-hydrogen) atoms. The number of alkyl halides is 3. The molecule has 0 aromatic heterocycles. The lowest BCUT2D eigenvalue weighted by molar-refractivity contribution is -1.63. The van der Waals surface area contributed by atoms with Crippen LogP contribution in [0.5, 0.6) is 0 Å². The Bertz CT molecular complexity index is 78.4. The molecule has 0 heterocycles. The highest BCUT2D eigenvalue weighted by Gasteiger charge is 2.26. The van der Waals surface area contributed by atoms with Crippen molar-refractivity contribution in [2.75, 3.05) is 6.61 Å². The van der Waals surface area contributed by atoms with Gasteiger partial charge in [0.2, 0.25) is 10.4 Å². The van der Waals surface area contributed by atoms with Gasteiger partial charge < -0.3 is 9.32 Å². The summed E-state index contributed by atoms with van der Waals surface area (Å²) < 4.78 is 21.4. The summed E-state index contributed by atoms with van der Waals surface area (Å²) in [6.45, 7) is -0.481. The van der Waals surface area contributed by atoms with Gasteiger partial charge in [-0.1, -0.05) is 34.8 Å². The van der Waals surface area contributed by atoms with Gasteiger partial charge >= 0.3 is 0 Å². The molecule has 0 aliphatic heterocycles. The molecule has 0 N–H and O–H groups in total. The number of halogens is 4. The summed E-state index contributed by atoms with van der Waals surface area (Å²) in [5.41, 5.74) is 0. The topological polar surface area (TPSA) is 55.3 Å². The van der Waals surface area contributed by atoms with E-state index in [1.165, 1.54) is 0 Å². The average molecular weight is 216 g/mol. The molecule has 0 aliphatic rings. The summed E-state index contributed by atoms with van der Waals surface area (Å²) >= 11 is 15.3. The van der Waals surface area contributed by atoms with E-state index < -0.39 is 21.2 Å². The Morgan fingerprint density at radius 3 is 1.89 bits per heavy atom. The third-order valence-corrected chi connectivity index (χ3v) is 0.922. The first-order chi connectivity index (χ1) is 3.92. The normalized spacial score (nSPS) is 12.7. The van der Waals surface area contributed by atoms with E-state index in [2.05, 4.69) is 4.29 Å². The third-order valence-electron chi connectivity index (χ3n) is 0.307. The Kier molecular flexibility index (Phi) is 4.50. The van der Waals surface area contributed by atoms with Crippen LogP contribution < -0.4 is 9.32 Å². The molecule has 56 valence electrons. The standard InChI is InChI=1S/C2H2Cl4O3/c3-2(4,5)1-9-6(7)8/h1H2. The van der Waals surface area contributed by atoms with E-state index in [9.17, 15) is 9.32 Å². The van der Waals surface area contributed by atoms with E-state index in [1.54, 1.807) is 0 Å². The van der Waals surface area contributed by atoms with Gasteiger partial charge in [-0.2, -0.15) is 0 Å². The van der Waals surface area contributed by atoms with E-state index >= 15 is 0 Å². The van der Waals surface area contributed by atoms with Crippen molar-refractivity contribution in [1.29, 1.82) is 0 Å². The maximum Gasteiger partial charge on any atom is 0.285 e. The van der Waals surface area contributed by atoms with Crippen LogP contribution in [0, 0.1) is 10.8 Å². The van der Waals surface area contributed by atoms with Crippen molar-refractivity contribution in [3.63, 3.8) is 0 Å². The Labute approximate surface area is 69.8 Å². The lowest BCUT2D eigenvalue weighted by atomic mass is 10.9. The van der Waals surface area contributed by atoms with Gasteiger partial charge in [-0.15, -0.1) is 0 Å². The van der Waals surface area contributed by atoms with Crippen molar-refractivity contribution >= 4 is 34.8 Å². The van der Waals surface area contributed by atoms with Crippen LogP contribution in [0.2, 0.25) is 0 Å². The Morgan fingerprint density at radius 1 is 1.33 bits per heavy atom. The molecule has 0 saturated heterocycles. The molecule has 0 atom stereocenters. The highest BCUT2D eigenvalue weighted by molar-refractivity contribution is 6.67. The van der Waals surface area contributed by atoms with Gasteiger partial charge in [0.15, 0.2) is 0 Å². The van der Waals surface area contributed by atoms with Gasteiger partial charge in [-0.3, -0.25) is 0 Å². The fourth-order valence-electron chi connectivity index (χ4n) is 0.106. The molecular weight excluding hydrogens is 214 g/mol. The number of hydrogen-bond acceptors (Lipinski definition) is 3. The van der Waals surface area contributed by atoms with Crippen LogP contribution in [0.4, 0.5) is 0 Å². The molecule has 0 bridgehead atoms. The molecule has 0 fully saturated rings. The predicted octanol–water partition coefficient (Wildman–Crippen LogP) is -0.540. The SMILES string of the molecule is [O-][Cl+2]([O-])OCC(Cl)(Cl)Cl. The smallest absolute Gasteiger partial charge is 0.285 e. The van der Waals surface area contributed by atoms with Crippen LogP contribution in [0.3, 0.4) is 0 Å². The molecule has 0 aromatic rings. The first-order valence-electron chi connectivity index (χ1n) is 1.67. The molecule has 7 heteroatoms. The summed E-state index contributed by atoms with van der Waals surface area (Å²) in [5, 5.41) is 0. The quantitative estimate of drug-likeness (QED) is 0.582. The molecule has 3 nitrogen and oxygen atoms in total. The molecule has 0 rings (SSSR count). The van der Waals surface area contributed by atoms with Gasteiger partial charge in [-0.25, -0.2) is 0 Å². The summed E-state index contributed by atoms with van der Waals surface area (Å²) in [6, 6.07) is 0. The van der Waals surface area contributed by atoms with Crippen LogP contribution in [0.15, 0.2) is 0 Å². The van der Waals surface area contributed by atoms with Gasteiger partial charge in [0.1, 0.15) is 0 Å². The monoisotopic (exact) mass is 214 g/mol. The van der Waals surface area contributed by atoms with Gasteiger partial charge in [0.25, 0.3) is 10.8 Å². The second-order valence-electron chi connectivity index (χ2n) is 1.06. The molecule has 0 saturated carbocycles. The summed E-state index contributed by atoms with van der Waals surface area (Å²) in [7, 11) is -2.31. The van der Waals surface area contributed by atoms with Crippen molar-refractivity contribution < 1.29 is 24.4 Å². The Morgan fingerprint density at radius 2 is 1.78 bits per heavy atom. The van der Waals surface area contributed by atoms with E-state index in [-0.39, 0.29) is 0 Å². The zero-order chi connectivity index (χ0) is 7.49. The van der Waals surface area contributed by atoms with Crippen LogP contribution in [0.1, 0.15) is 0 Å². The van der Waals surface area contributed by atoms with Crippen molar-refractivity contribution in [3.8, 4) is 0 Å². The summed E-state index contributed by atoms with van der Waals surface area (Å²) in [4.78, 5) is 0. The van der Waals surface area contributed by atoms with Crippen LogP contribution >= 0.6 is 34.8 Å². The number of hydrogen-bond donors (Lipinski definition) is 0. The predicted molar refractivity (Wildman–Crippen MR) is 26.2 cm³/mol.